The number of aromatic hydroxyl groups is 1. The number of phenols is 1. The molecule has 100 valence electrons. The Morgan fingerprint density at radius 3 is 2.28 bits per heavy atom. The van der Waals surface area contributed by atoms with Gasteiger partial charge in [0.2, 0.25) is 10.0 Å². The quantitative estimate of drug-likeness (QED) is 0.726. The van der Waals surface area contributed by atoms with Crippen molar-refractivity contribution >= 4 is 21.7 Å². The van der Waals surface area contributed by atoms with Gasteiger partial charge in [-0.2, -0.15) is 0 Å². The number of nitrogens with one attached hydrogen (secondary N) is 1. The number of hydrogen-bond acceptors (Lipinski definition) is 4. The second kappa shape index (κ2) is 4.49. The Hall–Kier alpha value is -1.76. The summed E-state index contributed by atoms with van der Waals surface area (Å²) in [6.07, 6.45) is 0. The fourth-order valence-electron chi connectivity index (χ4n) is 1.10. The van der Waals surface area contributed by atoms with Gasteiger partial charge in [0.05, 0.1) is 10.4 Å². The van der Waals surface area contributed by atoms with E-state index in [1.807, 2.05) is 0 Å². The fourth-order valence-corrected chi connectivity index (χ4v) is 1.86. The number of benzene rings is 1. The molecule has 7 heteroatoms. The van der Waals surface area contributed by atoms with Gasteiger partial charge in [-0.15, -0.1) is 0 Å². The zero-order valence-electron chi connectivity index (χ0n) is 10.3. The van der Waals surface area contributed by atoms with E-state index in [1.165, 1.54) is 39.0 Å². The molecular weight excluding hydrogens is 258 g/mol. The van der Waals surface area contributed by atoms with Gasteiger partial charge in [-0.3, -0.25) is 4.72 Å². The number of carbonyl (C=O) groups is 1. The van der Waals surface area contributed by atoms with Crippen LogP contribution in [0.5, 0.6) is 5.75 Å². The van der Waals surface area contributed by atoms with Crippen LogP contribution in [0.25, 0.3) is 0 Å². The first-order chi connectivity index (χ1) is 8.06. The van der Waals surface area contributed by atoms with E-state index in [0.29, 0.717) is 0 Å². The lowest BCUT2D eigenvalue weighted by Crippen LogP contribution is -2.33. The summed E-state index contributed by atoms with van der Waals surface area (Å²) in [6.45, 7) is 4.48. The molecule has 0 unspecified atom stereocenters. The van der Waals surface area contributed by atoms with Gasteiger partial charge in [-0.05, 0) is 32.9 Å². The Bertz CT molecular complexity index is 572. The van der Waals surface area contributed by atoms with Crippen LogP contribution in [0.15, 0.2) is 18.2 Å². The number of carboxylic acids is 1. The maximum Gasteiger partial charge on any atom is 0.339 e. The van der Waals surface area contributed by atoms with Crippen LogP contribution < -0.4 is 4.72 Å². The Morgan fingerprint density at radius 2 is 1.83 bits per heavy atom. The summed E-state index contributed by atoms with van der Waals surface area (Å²) in [7, 11) is -3.72. The van der Waals surface area contributed by atoms with Crippen molar-refractivity contribution in [2.24, 2.45) is 0 Å². The third-order valence-corrected chi connectivity index (χ3v) is 4.42. The maximum atomic E-state index is 11.9. The molecule has 0 saturated heterocycles. The summed E-state index contributed by atoms with van der Waals surface area (Å²) < 4.78 is 24.9. The Kier molecular flexibility index (Phi) is 3.57. The minimum Gasteiger partial charge on any atom is -0.505 e. The van der Waals surface area contributed by atoms with Crippen LogP contribution in [0.3, 0.4) is 0 Å². The van der Waals surface area contributed by atoms with E-state index in [2.05, 4.69) is 4.72 Å². The number of carboxylic acid groups (broad SMARTS) is 1. The molecule has 0 aromatic heterocycles. The molecule has 6 nitrogen and oxygen atoms in total. The zero-order chi connectivity index (χ0) is 14.1. The highest BCUT2D eigenvalue weighted by molar-refractivity contribution is 7.94. The predicted octanol–water partition coefficient (Wildman–Crippen LogP) is 1.63. The first-order valence-corrected chi connectivity index (χ1v) is 6.62. The van der Waals surface area contributed by atoms with E-state index in [4.69, 9.17) is 5.11 Å². The molecule has 1 aromatic carbocycles. The normalized spacial score (nSPS) is 12.2. The number of para-hydroxylation sites is 1. The van der Waals surface area contributed by atoms with Gasteiger partial charge in [-0.1, -0.05) is 6.07 Å². The minimum atomic E-state index is -3.72. The highest BCUT2D eigenvalue weighted by Crippen LogP contribution is 2.30. The molecular formula is C11H15NO5S. The average molecular weight is 273 g/mol. The summed E-state index contributed by atoms with van der Waals surface area (Å²) in [5.41, 5.74) is -0.506. The van der Waals surface area contributed by atoms with Crippen LogP contribution >= 0.6 is 0 Å². The largest absolute Gasteiger partial charge is 0.505 e. The van der Waals surface area contributed by atoms with Gasteiger partial charge in [0.15, 0.2) is 5.75 Å². The van der Waals surface area contributed by atoms with Crippen molar-refractivity contribution in [3.63, 3.8) is 0 Å². The third kappa shape index (κ3) is 2.73. The van der Waals surface area contributed by atoms with Gasteiger partial charge in [0.1, 0.15) is 5.56 Å². The number of hydrogen-bond donors (Lipinski definition) is 3. The first kappa shape index (κ1) is 14.3. The zero-order valence-corrected chi connectivity index (χ0v) is 11.1. The number of aromatic carboxylic acids is 1. The minimum absolute atomic E-state index is 0.148. The van der Waals surface area contributed by atoms with Gasteiger partial charge < -0.3 is 10.2 Å². The second-order valence-corrected chi connectivity index (χ2v) is 7.16. The Balaban J connectivity index is 3.23. The van der Waals surface area contributed by atoms with E-state index in [0.717, 1.165) is 0 Å². The van der Waals surface area contributed by atoms with Crippen molar-refractivity contribution in [3.05, 3.63) is 23.8 Å². The topological polar surface area (TPSA) is 104 Å². The molecule has 18 heavy (non-hydrogen) atoms. The predicted molar refractivity (Wildman–Crippen MR) is 67.4 cm³/mol. The number of rotatable bonds is 3. The second-order valence-electron chi connectivity index (χ2n) is 4.72. The Morgan fingerprint density at radius 1 is 1.28 bits per heavy atom. The lowest BCUT2D eigenvalue weighted by Gasteiger charge is -2.21. The van der Waals surface area contributed by atoms with Crippen molar-refractivity contribution in [3.8, 4) is 5.75 Å². The van der Waals surface area contributed by atoms with Gasteiger partial charge >= 0.3 is 5.97 Å². The van der Waals surface area contributed by atoms with Crippen molar-refractivity contribution < 1.29 is 23.4 Å². The van der Waals surface area contributed by atoms with Crippen LogP contribution in [-0.2, 0) is 10.0 Å². The summed E-state index contributed by atoms with van der Waals surface area (Å²) >= 11 is 0. The Labute approximate surface area is 105 Å². The van der Waals surface area contributed by atoms with E-state index in [-0.39, 0.29) is 11.3 Å². The molecule has 0 heterocycles. The van der Waals surface area contributed by atoms with Crippen molar-refractivity contribution in [1.82, 2.24) is 0 Å². The lowest BCUT2D eigenvalue weighted by atomic mass is 10.2. The van der Waals surface area contributed by atoms with Gasteiger partial charge in [0.25, 0.3) is 0 Å². The molecule has 3 N–H and O–H groups in total. The van der Waals surface area contributed by atoms with Crippen LogP contribution in [-0.4, -0.2) is 29.3 Å². The van der Waals surface area contributed by atoms with E-state index < -0.39 is 26.5 Å². The van der Waals surface area contributed by atoms with E-state index in [9.17, 15) is 18.3 Å². The van der Waals surface area contributed by atoms with E-state index in [1.54, 1.807) is 0 Å². The van der Waals surface area contributed by atoms with Crippen molar-refractivity contribution in [2.45, 2.75) is 25.5 Å². The average Bonchev–Trinajstić information content (AvgIpc) is 2.18. The fraction of sp³-hybridized carbons (Fsp3) is 0.364. The smallest absolute Gasteiger partial charge is 0.339 e. The molecule has 1 rings (SSSR count). The van der Waals surface area contributed by atoms with Gasteiger partial charge in [0, 0.05) is 0 Å². The summed E-state index contributed by atoms with van der Waals surface area (Å²) in [6, 6.07) is 3.83. The summed E-state index contributed by atoms with van der Waals surface area (Å²) in [4.78, 5) is 10.8. The molecule has 0 aliphatic carbocycles. The number of anilines is 1. The van der Waals surface area contributed by atoms with Gasteiger partial charge in [-0.25, -0.2) is 13.2 Å². The van der Waals surface area contributed by atoms with Crippen LogP contribution in [0, 0.1) is 0 Å². The molecule has 0 radical (unpaired) electrons. The maximum absolute atomic E-state index is 11.9. The molecule has 0 atom stereocenters. The number of sulfonamides is 1. The highest BCUT2D eigenvalue weighted by Gasteiger charge is 2.30. The first-order valence-electron chi connectivity index (χ1n) is 5.14. The standard InChI is InChI=1S/C11H15NO5S/c1-11(2,3)18(16,17)12-8-6-4-5-7(9(8)13)10(14)15/h4-6,12-13H,1-3H3,(H,14,15). The molecule has 0 aliphatic rings. The molecule has 0 aliphatic heterocycles. The van der Waals surface area contributed by atoms with Crippen molar-refractivity contribution in [2.75, 3.05) is 4.72 Å². The SMILES string of the molecule is CC(C)(C)S(=O)(=O)Nc1cccc(C(=O)O)c1O. The highest BCUT2D eigenvalue weighted by atomic mass is 32.2. The lowest BCUT2D eigenvalue weighted by molar-refractivity contribution is 0.0694. The monoisotopic (exact) mass is 273 g/mol. The molecule has 0 spiro atoms. The molecule has 0 amide bonds. The molecule has 1 aromatic rings. The van der Waals surface area contributed by atoms with Crippen molar-refractivity contribution in [1.29, 1.82) is 0 Å². The molecule has 0 saturated carbocycles. The van der Waals surface area contributed by atoms with Crippen LogP contribution in [0.4, 0.5) is 5.69 Å². The van der Waals surface area contributed by atoms with E-state index >= 15 is 0 Å². The summed E-state index contributed by atoms with van der Waals surface area (Å²) in [5, 5.41) is 18.5. The third-order valence-electron chi connectivity index (χ3n) is 2.32. The summed E-state index contributed by atoms with van der Waals surface area (Å²) in [5.74, 6) is -1.93. The molecule has 0 bridgehead atoms. The van der Waals surface area contributed by atoms with Crippen LogP contribution in [0.2, 0.25) is 0 Å². The molecule has 0 fully saturated rings. The van der Waals surface area contributed by atoms with Crippen LogP contribution in [0.1, 0.15) is 31.1 Å².